The molecule has 2 N–H and O–H groups in total. The molecule has 0 aliphatic heterocycles. The molecule has 0 saturated heterocycles. The van der Waals surface area contributed by atoms with E-state index in [1.54, 1.807) is 11.3 Å². The highest BCUT2D eigenvalue weighted by Gasteiger charge is 2.39. The van der Waals surface area contributed by atoms with Gasteiger partial charge in [-0.15, -0.1) is 11.3 Å². The van der Waals surface area contributed by atoms with Crippen molar-refractivity contribution in [3.8, 4) is 0 Å². The van der Waals surface area contributed by atoms with Gasteiger partial charge in [0.2, 0.25) is 0 Å². The van der Waals surface area contributed by atoms with Crippen LogP contribution >= 0.6 is 11.3 Å². The highest BCUT2D eigenvalue weighted by Crippen LogP contribution is 2.46. The van der Waals surface area contributed by atoms with Crippen molar-refractivity contribution < 1.29 is 0 Å². The van der Waals surface area contributed by atoms with Crippen molar-refractivity contribution >= 4 is 11.3 Å². The molecular weight excluding hydrogens is 240 g/mol. The Balaban J connectivity index is 2.06. The van der Waals surface area contributed by atoms with E-state index in [1.165, 1.54) is 37.8 Å². The van der Waals surface area contributed by atoms with Gasteiger partial charge in [-0.3, -0.25) is 0 Å². The molecule has 18 heavy (non-hydrogen) atoms. The number of thiazole rings is 1. The van der Waals surface area contributed by atoms with Gasteiger partial charge in [0.1, 0.15) is 0 Å². The number of aromatic nitrogens is 1. The van der Waals surface area contributed by atoms with E-state index in [4.69, 9.17) is 5.73 Å². The van der Waals surface area contributed by atoms with Crippen molar-refractivity contribution in [2.45, 2.75) is 65.3 Å². The molecule has 0 spiro atoms. The first-order chi connectivity index (χ1) is 8.52. The van der Waals surface area contributed by atoms with Gasteiger partial charge in [-0.1, -0.05) is 26.7 Å². The van der Waals surface area contributed by atoms with Crippen LogP contribution in [0, 0.1) is 18.3 Å². The molecule has 2 rings (SSSR count). The van der Waals surface area contributed by atoms with Crippen molar-refractivity contribution in [3.63, 3.8) is 0 Å². The first-order valence-electron chi connectivity index (χ1n) is 7.18. The van der Waals surface area contributed by atoms with Crippen molar-refractivity contribution in [1.29, 1.82) is 0 Å². The Hall–Kier alpha value is -0.410. The van der Waals surface area contributed by atoms with Crippen LogP contribution in [-0.4, -0.2) is 11.0 Å². The molecule has 1 saturated carbocycles. The summed E-state index contributed by atoms with van der Waals surface area (Å²) >= 11 is 1.74. The Morgan fingerprint density at radius 3 is 2.56 bits per heavy atom. The minimum atomic E-state index is 0.281. The summed E-state index contributed by atoms with van der Waals surface area (Å²) in [4.78, 5) is 4.57. The predicted octanol–water partition coefficient (Wildman–Crippen LogP) is 3.93. The van der Waals surface area contributed by atoms with E-state index in [9.17, 15) is 0 Å². The molecule has 1 aliphatic carbocycles. The maximum Gasteiger partial charge on any atom is 0.0897 e. The Kier molecular flexibility index (Phi) is 4.44. The topological polar surface area (TPSA) is 38.9 Å². The molecule has 1 aliphatic rings. The number of hydrogen-bond acceptors (Lipinski definition) is 3. The van der Waals surface area contributed by atoms with Gasteiger partial charge in [0.05, 0.1) is 10.7 Å². The van der Waals surface area contributed by atoms with Gasteiger partial charge < -0.3 is 5.73 Å². The molecule has 1 aromatic heterocycles. The molecule has 1 atom stereocenters. The minimum absolute atomic E-state index is 0.281. The average Bonchev–Trinajstić information content (AvgIpc) is 2.88. The summed E-state index contributed by atoms with van der Waals surface area (Å²) in [5.74, 6) is 0.742. The molecule has 1 unspecified atom stereocenters. The van der Waals surface area contributed by atoms with Gasteiger partial charge in [-0.25, -0.2) is 4.98 Å². The summed E-state index contributed by atoms with van der Waals surface area (Å²) in [7, 11) is 0. The second kappa shape index (κ2) is 5.70. The second-order valence-electron chi connectivity index (χ2n) is 6.34. The zero-order valence-corrected chi connectivity index (χ0v) is 12.7. The van der Waals surface area contributed by atoms with E-state index < -0.39 is 0 Å². The minimum Gasteiger partial charge on any atom is -0.327 e. The van der Waals surface area contributed by atoms with Gasteiger partial charge in [-0.2, -0.15) is 0 Å². The maximum atomic E-state index is 6.57. The van der Waals surface area contributed by atoms with Crippen LogP contribution in [0.1, 0.15) is 56.7 Å². The Morgan fingerprint density at radius 1 is 1.39 bits per heavy atom. The van der Waals surface area contributed by atoms with Crippen LogP contribution in [-0.2, 0) is 6.42 Å². The fourth-order valence-electron chi connectivity index (χ4n) is 3.56. The molecular formula is C15H26N2S. The lowest BCUT2D eigenvalue weighted by atomic mass is 9.71. The number of aryl methyl sites for hydroxylation is 1. The molecule has 1 fully saturated rings. The normalized spacial score (nSPS) is 20.5. The van der Waals surface area contributed by atoms with Crippen LogP contribution in [0.4, 0.5) is 0 Å². The molecule has 0 aromatic carbocycles. The van der Waals surface area contributed by atoms with Crippen LogP contribution < -0.4 is 5.73 Å². The van der Waals surface area contributed by atoms with Crippen LogP contribution in [0.15, 0.2) is 5.38 Å². The molecule has 1 aromatic rings. The van der Waals surface area contributed by atoms with E-state index >= 15 is 0 Å². The molecule has 2 nitrogen and oxygen atoms in total. The summed E-state index contributed by atoms with van der Waals surface area (Å²) in [6.07, 6.45) is 7.58. The Morgan fingerprint density at radius 2 is 2.06 bits per heavy atom. The lowest BCUT2D eigenvalue weighted by Crippen LogP contribution is -2.42. The summed E-state index contributed by atoms with van der Waals surface area (Å²) in [5, 5.41) is 3.33. The number of nitrogens with two attached hydrogens (primary N) is 1. The smallest absolute Gasteiger partial charge is 0.0897 e. The van der Waals surface area contributed by atoms with Gasteiger partial charge in [-0.05, 0) is 37.5 Å². The van der Waals surface area contributed by atoms with Crippen molar-refractivity contribution in [2.75, 3.05) is 0 Å². The standard InChI is InChI=1S/C15H26N2S/c1-11(2)9-15(6-4-5-7-15)14(16)8-13-10-18-12(3)17-13/h10-11,14H,4-9,16H2,1-3H3. The van der Waals surface area contributed by atoms with E-state index in [0.29, 0.717) is 5.41 Å². The molecule has 102 valence electrons. The first kappa shape index (κ1) is 14.0. The van der Waals surface area contributed by atoms with Crippen LogP contribution in [0.3, 0.4) is 0 Å². The third-order valence-electron chi connectivity index (χ3n) is 4.30. The molecule has 0 radical (unpaired) electrons. The van der Waals surface area contributed by atoms with E-state index in [-0.39, 0.29) is 6.04 Å². The molecule has 0 bridgehead atoms. The van der Waals surface area contributed by atoms with E-state index in [0.717, 1.165) is 17.3 Å². The van der Waals surface area contributed by atoms with Crippen LogP contribution in [0.25, 0.3) is 0 Å². The maximum absolute atomic E-state index is 6.57. The van der Waals surface area contributed by atoms with Gasteiger partial charge in [0.15, 0.2) is 0 Å². The van der Waals surface area contributed by atoms with Crippen LogP contribution in [0.5, 0.6) is 0 Å². The second-order valence-corrected chi connectivity index (χ2v) is 7.40. The van der Waals surface area contributed by atoms with Gasteiger partial charge in [0.25, 0.3) is 0 Å². The monoisotopic (exact) mass is 266 g/mol. The highest BCUT2D eigenvalue weighted by atomic mass is 32.1. The number of rotatable bonds is 5. The van der Waals surface area contributed by atoms with Crippen molar-refractivity contribution in [2.24, 2.45) is 17.1 Å². The number of nitrogens with zero attached hydrogens (tertiary/aromatic N) is 1. The quantitative estimate of drug-likeness (QED) is 0.877. The SMILES string of the molecule is Cc1nc(CC(N)C2(CC(C)C)CCCC2)cs1. The fourth-order valence-corrected chi connectivity index (χ4v) is 4.19. The highest BCUT2D eigenvalue weighted by molar-refractivity contribution is 7.09. The third-order valence-corrected chi connectivity index (χ3v) is 5.12. The van der Waals surface area contributed by atoms with Crippen molar-refractivity contribution in [3.05, 3.63) is 16.1 Å². The largest absolute Gasteiger partial charge is 0.327 e. The number of hydrogen-bond donors (Lipinski definition) is 1. The molecule has 3 heteroatoms. The summed E-state index contributed by atoms with van der Waals surface area (Å²) in [6, 6.07) is 0.281. The lowest BCUT2D eigenvalue weighted by Gasteiger charge is -2.36. The van der Waals surface area contributed by atoms with Crippen LogP contribution in [0.2, 0.25) is 0 Å². The average molecular weight is 266 g/mol. The van der Waals surface area contributed by atoms with E-state index in [1.807, 2.05) is 0 Å². The molecule has 1 heterocycles. The molecule has 0 amide bonds. The Labute approximate surface area is 115 Å². The zero-order valence-electron chi connectivity index (χ0n) is 11.9. The summed E-state index contributed by atoms with van der Waals surface area (Å²) < 4.78 is 0. The fraction of sp³-hybridized carbons (Fsp3) is 0.800. The Bertz CT molecular complexity index is 378. The first-order valence-corrected chi connectivity index (χ1v) is 8.06. The van der Waals surface area contributed by atoms with Gasteiger partial charge in [0, 0.05) is 17.8 Å². The summed E-state index contributed by atoms with van der Waals surface area (Å²) in [5.41, 5.74) is 8.14. The lowest BCUT2D eigenvalue weighted by molar-refractivity contribution is 0.181. The predicted molar refractivity (Wildman–Crippen MR) is 78.9 cm³/mol. The zero-order chi connectivity index (χ0) is 13.2. The van der Waals surface area contributed by atoms with Crippen molar-refractivity contribution in [1.82, 2.24) is 4.98 Å². The van der Waals surface area contributed by atoms with Gasteiger partial charge >= 0.3 is 0 Å². The van der Waals surface area contributed by atoms with E-state index in [2.05, 4.69) is 31.1 Å². The third kappa shape index (κ3) is 3.12. The summed E-state index contributed by atoms with van der Waals surface area (Å²) in [6.45, 7) is 6.71.